The minimum Gasteiger partial charge on any atom is -0.363 e. The fourth-order valence-electron chi connectivity index (χ4n) is 3.72. The van der Waals surface area contributed by atoms with Gasteiger partial charge in [0.1, 0.15) is 5.82 Å². The Balaban J connectivity index is 1.50. The molecule has 6 heteroatoms. The van der Waals surface area contributed by atoms with Gasteiger partial charge in [0.15, 0.2) is 0 Å². The molecule has 1 fully saturated rings. The predicted octanol–water partition coefficient (Wildman–Crippen LogP) is 1.94. The number of hydrogen-bond donors (Lipinski definition) is 1. The molecule has 0 atom stereocenters. The molecule has 2 aromatic rings. The van der Waals surface area contributed by atoms with Crippen LogP contribution in [0.25, 0.3) is 0 Å². The molecule has 0 aliphatic carbocycles. The second kappa shape index (κ2) is 7.97. The first kappa shape index (κ1) is 17.9. The quantitative estimate of drug-likeness (QED) is 0.869. The van der Waals surface area contributed by atoms with Crippen LogP contribution in [0.5, 0.6) is 0 Å². The topological polar surface area (TPSA) is 49.2 Å². The highest BCUT2D eigenvalue weighted by atomic mass is 15.4. The van der Waals surface area contributed by atoms with Gasteiger partial charge in [-0.1, -0.05) is 6.07 Å². The van der Waals surface area contributed by atoms with Crippen molar-refractivity contribution in [3.8, 4) is 0 Å². The van der Waals surface area contributed by atoms with Crippen LogP contribution in [0.15, 0.2) is 24.4 Å². The van der Waals surface area contributed by atoms with E-state index in [1.165, 1.54) is 24.2 Å². The Kier molecular flexibility index (Phi) is 5.71. The molecule has 25 heavy (non-hydrogen) atoms. The summed E-state index contributed by atoms with van der Waals surface area (Å²) < 4.78 is 1.97. The minimum absolute atomic E-state index is 0.578. The van der Waals surface area contributed by atoms with Gasteiger partial charge in [-0.2, -0.15) is 5.10 Å². The standard InChI is InChI=1S/C19H30N6/c1-15-18(19(23(2)3)24(4)22-15)13-21-16-8-11-25(12-9-16)14-17-7-5-6-10-20-17/h5-7,10,16,21H,8-9,11-14H2,1-4H3. The van der Waals surface area contributed by atoms with E-state index in [1.807, 2.05) is 24.0 Å². The average molecular weight is 342 g/mol. The Morgan fingerprint density at radius 3 is 2.64 bits per heavy atom. The second-order valence-corrected chi connectivity index (χ2v) is 7.16. The van der Waals surface area contributed by atoms with Crippen LogP contribution in [0.2, 0.25) is 0 Å². The number of hydrogen-bond acceptors (Lipinski definition) is 5. The highest BCUT2D eigenvalue weighted by molar-refractivity contribution is 5.48. The lowest BCUT2D eigenvalue weighted by molar-refractivity contribution is 0.188. The van der Waals surface area contributed by atoms with Crippen molar-refractivity contribution in [1.82, 2.24) is 25.0 Å². The third-order valence-corrected chi connectivity index (χ3v) is 5.00. The lowest BCUT2D eigenvalue weighted by Crippen LogP contribution is -2.42. The van der Waals surface area contributed by atoms with E-state index in [1.54, 1.807) is 0 Å². The number of rotatable bonds is 6. The van der Waals surface area contributed by atoms with Crippen molar-refractivity contribution in [2.75, 3.05) is 32.1 Å². The molecule has 0 aromatic carbocycles. The van der Waals surface area contributed by atoms with Crippen molar-refractivity contribution in [1.29, 1.82) is 0 Å². The summed E-state index contributed by atoms with van der Waals surface area (Å²) >= 11 is 0. The molecule has 0 bridgehead atoms. The number of aryl methyl sites for hydroxylation is 2. The van der Waals surface area contributed by atoms with Crippen LogP contribution >= 0.6 is 0 Å². The van der Waals surface area contributed by atoms with E-state index in [0.29, 0.717) is 6.04 Å². The first-order valence-corrected chi connectivity index (χ1v) is 9.10. The molecule has 1 aliphatic heterocycles. The summed E-state index contributed by atoms with van der Waals surface area (Å²) in [6.45, 7) is 6.19. The fraction of sp³-hybridized carbons (Fsp3) is 0.579. The van der Waals surface area contributed by atoms with Crippen molar-refractivity contribution in [3.05, 3.63) is 41.3 Å². The van der Waals surface area contributed by atoms with Crippen molar-refractivity contribution < 1.29 is 0 Å². The number of aromatic nitrogens is 3. The molecule has 1 aliphatic rings. The largest absolute Gasteiger partial charge is 0.363 e. The van der Waals surface area contributed by atoms with E-state index < -0.39 is 0 Å². The zero-order valence-corrected chi connectivity index (χ0v) is 15.9. The van der Waals surface area contributed by atoms with Crippen LogP contribution in [0, 0.1) is 6.92 Å². The van der Waals surface area contributed by atoms with E-state index in [9.17, 15) is 0 Å². The molecule has 1 saturated heterocycles. The van der Waals surface area contributed by atoms with Gasteiger partial charge in [0.2, 0.25) is 0 Å². The number of nitrogens with zero attached hydrogens (tertiary/aromatic N) is 5. The second-order valence-electron chi connectivity index (χ2n) is 7.16. The van der Waals surface area contributed by atoms with Crippen LogP contribution in [-0.2, 0) is 20.1 Å². The van der Waals surface area contributed by atoms with Gasteiger partial charge in [-0.3, -0.25) is 14.6 Å². The Morgan fingerprint density at radius 2 is 2.00 bits per heavy atom. The van der Waals surface area contributed by atoms with Gasteiger partial charge in [-0.25, -0.2) is 0 Å². The molecule has 6 nitrogen and oxygen atoms in total. The predicted molar refractivity (Wildman–Crippen MR) is 102 cm³/mol. The Bertz CT molecular complexity index is 671. The maximum Gasteiger partial charge on any atom is 0.130 e. The first-order valence-electron chi connectivity index (χ1n) is 9.10. The number of nitrogens with one attached hydrogen (secondary N) is 1. The Labute approximate surface area is 150 Å². The van der Waals surface area contributed by atoms with Crippen LogP contribution in [0.1, 0.15) is 29.8 Å². The van der Waals surface area contributed by atoms with E-state index in [-0.39, 0.29) is 0 Å². The Morgan fingerprint density at radius 1 is 1.24 bits per heavy atom. The SMILES string of the molecule is Cc1nn(C)c(N(C)C)c1CNC1CCN(Cc2ccccn2)CC1. The highest BCUT2D eigenvalue weighted by Gasteiger charge is 2.21. The van der Waals surface area contributed by atoms with Crippen LogP contribution < -0.4 is 10.2 Å². The third kappa shape index (κ3) is 4.38. The van der Waals surface area contributed by atoms with Gasteiger partial charge in [-0.15, -0.1) is 0 Å². The highest BCUT2D eigenvalue weighted by Crippen LogP contribution is 2.22. The number of pyridine rings is 1. The maximum atomic E-state index is 4.57. The molecule has 136 valence electrons. The van der Waals surface area contributed by atoms with E-state index in [0.717, 1.165) is 37.6 Å². The number of anilines is 1. The molecule has 0 amide bonds. The zero-order chi connectivity index (χ0) is 17.8. The lowest BCUT2D eigenvalue weighted by Gasteiger charge is -2.32. The number of likely N-dealkylation sites (tertiary alicyclic amines) is 1. The average Bonchev–Trinajstić information content (AvgIpc) is 2.89. The van der Waals surface area contributed by atoms with Gasteiger partial charge in [-0.05, 0) is 31.9 Å². The van der Waals surface area contributed by atoms with Gasteiger partial charge < -0.3 is 10.2 Å². The van der Waals surface area contributed by atoms with Crippen molar-refractivity contribution in [3.63, 3.8) is 0 Å². The molecule has 0 radical (unpaired) electrons. The normalized spacial score (nSPS) is 16.3. The van der Waals surface area contributed by atoms with Gasteiger partial charge in [0.25, 0.3) is 0 Å². The van der Waals surface area contributed by atoms with E-state index in [2.05, 4.69) is 58.4 Å². The summed E-state index contributed by atoms with van der Waals surface area (Å²) in [5.74, 6) is 1.19. The van der Waals surface area contributed by atoms with Crippen LogP contribution in [0.4, 0.5) is 5.82 Å². The summed E-state index contributed by atoms with van der Waals surface area (Å²) in [5.41, 5.74) is 3.59. The molecular formula is C19H30N6. The van der Waals surface area contributed by atoms with E-state index in [4.69, 9.17) is 0 Å². The van der Waals surface area contributed by atoms with Crippen molar-refractivity contribution in [2.24, 2.45) is 7.05 Å². The summed E-state index contributed by atoms with van der Waals surface area (Å²) in [6.07, 6.45) is 4.25. The first-order chi connectivity index (χ1) is 12.0. The molecule has 1 N–H and O–H groups in total. The molecule has 0 unspecified atom stereocenters. The summed E-state index contributed by atoms with van der Waals surface area (Å²) in [7, 11) is 6.17. The molecular weight excluding hydrogens is 312 g/mol. The molecule has 3 rings (SSSR count). The molecule has 0 spiro atoms. The molecule has 0 saturated carbocycles. The van der Waals surface area contributed by atoms with E-state index >= 15 is 0 Å². The smallest absolute Gasteiger partial charge is 0.130 e. The zero-order valence-electron chi connectivity index (χ0n) is 15.9. The fourth-order valence-corrected chi connectivity index (χ4v) is 3.72. The van der Waals surface area contributed by atoms with Crippen molar-refractivity contribution in [2.45, 2.75) is 38.9 Å². The third-order valence-electron chi connectivity index (χ3n) is 5.00. The van der Waals surface area contributed by atoms with Gasteiger partial charge >= 0.3 is 0 Å². The van der Waals surface area contributed by atoms with Crippen LogP contribution in [0.3, 0.4) is 0 Å². The van der Waals surface area contributed by atoms with Crippen LogP contribution in [-0.4, -0.2) is 52.9 Å². The monoisotopic (exact) mass is 342 g/mol. The molecule has 2 aromatic heterocycles. The van der Waals surface area contributed by atoms with Crippen molar-refractivity contribution >= 4 is 5.82 Å². The number of piperidine rings is 1. The summed E-state index contributed by atoms with van der Waals surface area (Å²) in [5, 5.41) is 8.32. The minimum atomic E-state index is 0.578. The van der Waals surface area contributed by atoms with Gasteiger partial charge in [0.05, 0.1) is 11.4 Å². The maximum absolute atomic E-state index is 4.57. The summed E-state index contributed by atoms with van der Waals surface area (Å²) in [6, 6.07) is 6.73. The van der Waals surface area contributed by atoms with Gasteiger partial charge in [0, 0.05) is 65.1 Å². The lowest BCUT2D eigenvalue weighted by atomic mass is 10.0. The Hall–Kier alpha value is -1.92. The molecule has 3 heterocycles. The summed E-state index contributed by atoms with van der Waals surface area (Å²) in [4.78, 5) is 9.08.